The van der Waals surface area contributed by atoms with Crippen LogP contribution in [0.4, 0.5) is 0 Å². The highest BCUT2D eigenvalue weighted by Gasteiger charge is 2.11. The first-order chi connectivity index (χ1) is 7.88. The van der Waals surface area contributed by atoms with Gasteiger partial charge in [-0.2, -0.15) is 0 Å². The molecule has 0 heterocycles. The second-order valence-electron chi connectivity index (χ2n) is 5.47. The zero-order valence-corrected chi connectivity index (χ0v) is 10.8. The molecule has 94 valence electrons. The molecule has 0 aliphatic heterocycles. The van der Waals surface area contributed by atoms with E-state index in [0.29, 0.717) is 12.1 Å². The number of benzene rings is 1. The van der Waals surface area contributed by atoms with Crippen LogP contribution in [0.2, 0.25) is 0 Å². The van der Waals surface area contributed by atoms with Crippen LogP contribution >= 0.6 is 0 Å². The Balaban J connectivity index is 2.38. The van der Waals surface area contributed by atoms with Gasteiger partial charge in [0.2, 0.25) is 5.91 Å². The van der Waals surface area contributed by atoms with E-state index in [9.17, 15) is 9.90 Å². The summed E-state index contributed by atoms with van der Waals surface area (Å²) in [5.41, 5.74) is 0.892. The van der Waals surface area contributed by atoms with Gasteiger partial charge < -0.3 is 10.4 Å². The van der Waals surface area contributed by atoms with Crippen molar-refractivity contribution in [3.8, 4) is 5.75 Å². The topological polar surface area (TPSA) is 49.3 Å². The molecule has 0 atom stereocenters. The van der Waals surface area contributed by atoms with E-state index < -0.39 is 0 Å². The van der Waals surface area contributed by atoms with Crippen LogP contribution in [0.25, 0.3) is 0 Å². The van der Waals surface area contributed by atoms with Crippen molar-refractivity contribution in [1.82, 2.24) is 5.32 Å². The standard InChI is InChI=1S/C14H21NO2/c1-14(2,3)8-9-15-13(17)10-11-6-4-5-7-12(11)16/h4-7,16H,8-10H2,1-3H3,(H,15,17). The molecule has 2 N–H and O–H groups in total. The number of para-hydroxylation sites is 1. The molecule has 0 aliphatic carbocycles. The van der Waals surface area contributed by atoms with Crippen LogP contribution < -0.4 is 5.32 Å². The molecule has 0 saturated heterocycles. The van der Waals surface area contributed by atoms with Crippen LogP contribution in [0, 0.1) is 5.41 Å². The lowest BCUT2D eigenvalue weighted by molar-refractivity contribution is -0.120. The maximum absolute atomic E-state index is 11.6. The molecule has 1 amide bonds. The fourth-order valence-electron chi connectivity index (χ4n) is 1.47. The highest BCUT2D eigenvalue weighted by atomic mass is 16.3. The second kappa shape index (κ2) is 5.71. The minimum absolute atomic E-state index is 0.0456. The van der Waals surface area contributed by atoms with Crippen molar-refractivity contribution < 1.29 is 9.90 Å². The van der Waals surface area contributed by atoms with Crippen LogP contribution in [-0.4, -0.2) is 17.6 Å². The van der Waals surface area contributed by atoms with Gasteiger partial charge in [-0.1, -0.05) is 39.0 Å². The summed E-state index contributed by atoms with van der Waals surface area (Å²) in [7, 11) is 0. The summed E-state index contributed by atoms with van der Waals surface area (Å²) in [4.78, 5) is 11.6. The molecule has 17 heavy (non-hydrogen) atoms. The van der Waals surface area contributed by atoms with Gasteiger partial charge in [0.25, 0.3) is 0 Å². The molecule has 1 aromatic carbocycles. The minimum atomic E-state index is -0.0456. The summed E-state index contributed by atoms with van der Waals surface area (Å²) in [6.07, 6.45) is 1.18. The summed E-state index contributed by atoms with van der Waals surface area (Å²) in [5.74, 6) is 0.134. The van der Waals surface area contributed by atoms with Gasteiger partial charge in [-0.25, -0.2) is 0 Å². The van der Waals surface area contributed by atoms with Crippen LogP contribution in [0.5, 0.6) is 5.75 Å². The SMILES string of the molecule is CC(C)(C)CCNC(=O)Cc1ccccc1O. The normalized spacial score (nSPS) is 11.2. The summed E-state index contributed by atoms with van der Waals surface area (Å²) >= 11 is 0. The smallest absolute Gasteiger partial charge is 0.224 e. The van der Waals surface area contributed by atoms with Gasteiger partial charge in [0.1, 0.15) is 5.75 Å². The average molecular weight is 235 g/mol. The van der Waals surface area contributed by atoms with Crippen molar-refractivity contribution in [3.63, 3.8) is 0 Å². The van der Waals surface area contributed by atoms with Crippen molar-refractivity contribution in [1.29, 1.82) is 0 Å². The molecule has 1 rings (SSSR count). The van der Waals surface area contributed by atoms with E-state index in [-0.39, 0.29) is 23.5 Å². The number of amides is 1. The molecule has 0 saturated carbocycles. The Morgan fingerprint density at radius 1 is 1.29 bits per heavy atom. The number of carbonyl (C=O) groups is 1. The quantitative estimate of drug-likeness (QED) is 0.842. The molecule has 3 heteroatoms. The van der Waals surface area contributed by atoms with Crippen molar-refractivity contribution in [2.75, 3.05) is 6.54 Å². The molecular formula is C14H21NO2. The van der Waals surface area contributed by atoms with Gasteiger partial charge in [-0.3, -0.25) is 4.79 Å². The van der Waals surface area contributed by atoms with E-state index in [1.807, 2.05) is 6.07 Å². The number of carbonyl (C=O) groups excluding carboxylic acids is 1. The average Bonchev–Trinajstić information content (AvgIpc) is 2.19. The number of phenolic OH excluding ortho intramolecular Hbond substituents is 1. The van der Waals surface area contributed by atoms with Gasteiger partial charge in [0.15, 0.2) is 0 Å². The van der Waals surface area contributed by atoms with Gasteiger partial charge in [0, 0.05) is 12.1 Å². The van der Waals surface area contributed by atoms with Crippen molar-refractivity contribution in [2.24, 2.45) is 5.41 Å². The largest absolute Gasteiger partial charge is 0.508 e. The van der Waals surface area contributed by atoms with E-state index in [1.54, 1.807) is 18.2 Å². The summed E-state index contributed by atoms with van der Waals surface area (Å²) < 4.78 is 0. The van der Waals surface area contributed by atoms with E-state index >= 15 is 0 Å². The third kappa shape index (κ3) is 5.38. The first-order valence-corrected chi connectivity index (χ1v) is 5.92. The van der Waals surface area contributed by atoms with Crippen LogP contribution in [-0.2, 0) is 11.2 Å². The predicted molar refractivity (Wildman–Crippen MR) is 68.9 cm³/mol. The number of nitrogens with one attached hydrogen (secondary N) is 1. The fourth-order valence-corrected chi connectivity index (χ4v) is 1.47. The lowest BCUT2D eigenvalue weighted by atomic mass is 9.92. The Morgan fingerprint density at radius 3 is 2.53 bits per heavy atom. The molecule has 0 unspecified atom stereocenters. The summed E-state index contributed by atoms with van der Waals surface area (Å²) in [5, 5.41) is 12.4. The Kier molecular flexibility index (Phi) is 4.55. The molecule has 0 aromatic heterocycles. The molecule has 0 spiro atoms. The van der Waals surface area contributed by atoms with E-state index in [2.05, 4.69) is 26.1 Å². The number of rotatable bonds is 4. The number of phenols is 1. The molecule has 0 aliphatic rings. The highest BCUT2D eigenvalue weighted by Crippen LogP contribution is 2.18. The summed E-state index contributed by atoms with van der Waals surface area (Å²) in [6.45, 7) is 7.10. The van der Waals surface area contributed by atoms with Crippen LogP contribution in [0.3, 0.4) is 0 Å². The number of hydrogen-bond acceptors (Lipinski definition) is 2. The second-order valence-corrected chi connectivity index (χ2v) is 5.47. The summed E-state index contributed by atoms with van der Waals surface area (Å²) in [6, 6.07) is 6.92. The van der Waals surface area contributed by atoms with Crippen molar-refractivity contribution in [3.05, 3.63) is 29.8 Å². The fraction of sp³-hybridized carbons (Fsp3) is 0.500. The van der Waals surface area contributed by atoms with Gasteiger partial charge >= 0.3 is 0 Å². The van der Waals surface area contributed by atoms with E-state index in [0.717, 1.165) is 6.42 Å². The number of hydrogen-bond donors (Lipinski definition) is 2. The highest BCUT2D eigenvalue weighted by molar-refractivity contribution is 5.79. The lowest BCUT2D eigenvalue weighted by Crippen LogP contribution is -2.28. The monoisotopic (exact) mass is 235 g/mol. The molecule has 0 radical (unpaired) electrons. The first-order valence-electron chi connectivity index (χ1n) is 5.92. The molecular weight excluding hydrogens is 214 g/mol. The molecule has 1 aromatic rings. The third-order valence-electron chi connectivity index (χ3n) is 2.54. The zero-order chi connectivity index (χ0) is 12.9. The van der Waals surface area contributed by atoms with Crippen molar-refractivity contribution >= 4 is 5.91 Å². The van der Waals surface area contributed by atoms with Crippen molar-refractivity contribution in [2.45, 2.75) is 33.6 Å². The zero-order valence-electron chi connectivity index (χ0n) is 10.8. The van der Waals surface area contributed by atoms with Gasteiger partial charge in [0.05, 0.1) is 6.42 Å². The number of aromatic hydroxyl groups is 1. The van der Waals surface area contributed by atoms with E-state index in [1.165, 1.54) is 0 Å². The maximum Gasteiger partial charge on any atom is 0.224 e. The lowest BCUT2D eigenvalue weighted by Gasteiger charge is -2.18. The van der Waals surface area contributed by atoms with Gasteiger partial charge in [-0.15, -0.1) is 0 Å². The first kappa shape index (κ1) is 13.6. The Morgan fingerprint density at radius 2 is 1.94 bits per heavy atom. The molecule has 0 bridgehead atoms. The van der Waals surface area contributed by atoms with Crippen LogP contribution in [0.15, 0.2) is 24.3 Å². The minimum Gasteiger partial charge on any atom is -0.508 e. The maximum atomic E-state index is 11.6. The Hall–Kier alpha value is -1.51. The Labute approximate surface area is 103 Å². The molecule has 0 fully saturated rings. The third-order valence-corrected chi connectivity index (χ3v) is 2.54. The van der Waals surface area contributed by atoms with Gasteiger partial charge in [-0.05, 0) is 17.9 Å². The molecule has 3 nitrogen and oxygen atoms in total. The van der Waals surface area contributed by atoms with E-state index in [4.69, 9.17) is 0 Å². The Bertz CT molecular complexity index is 380. The predicted octanol–water partition coefficient (Wildman–Crippen LogP) is 2.49. The van der Waals surface area contributed by atoms with Crippen LogP contribution in [0.1, 0.15) is 32.8 Å².